The van der Waals surface area contributed by atoms with Crippen LogP contribution < -0.4 is 14.8 Å². The Labute approximate surface area is 274 Å². The van der Waals surface area contributed by atoms with Crippen LogP contribution in [-0.4, -0.2) is 49.8 Å². The number of hydrogen-bond donors (Lipinski definition) is 1. The summed E-state index contributed by atoms with van der Waals surface area (Å²) in [5.41, 5.74) is 1.27. The molecule has 1 amide bonds. The van der Waals surface area contributed by atoms with Crippen LogP contribution in [0.2, 0.25) is 23.2 Å². The van der Waals surface area contributed by atoms with Gasteiger partial charge in [-0.3, -0.25) is 14.2 Å². The first kappa shape index (κ1) is 36.4. The molecule has 0 spiro atoms. The lowest BCUT2D eigenvalue weighted by Gasteiger charge is -2.36. The van der Waals surface area contributed by atoms with E-state index < -0.39 is 38.2 Å². The molecule has 3 aromatic rings. The molecule has 3 rings (SSSR count). The fraction of sp³-hybridized carbons (Fsp3) is 0.433. The summed E-state index contributed by atoms with van der Waals surface area (Å²) in [7, 11) is -0.895. The van der Waals surface area contributed by atoms with Crippen molar-refractivity contribution in [2.24, 2.45) is 5.92 Å². The Balaban J connectivity index is 1.85. The predicted octanol–water partition coefficient (Wildman–Crippen LogP) is 7.86. The highest BCUT2D eigenvalue weighted by atomic mass is 79.9. The minimum atomic E-state index is -4.88. The first-order valence-corrected chi connectivity index (χ1v) is 18.0. The third-order valence-electron chi connectivity index (χ3n) is 7.40. The van der Waals surface area contributed by atoms with Crippen molar-refractivity contribution >= 4 is 47.7 Å². The molecule has 1 heterocycles. The number of rotatable bonds is 13. The summed E-state index contributed by atoms with van der Waals surface area (Å²) in [6, 6.07) is 12.0. The number of benzene rings is 2. The van der Waals surface area contributed by atoms with Gasteiger partial charge in [0.1, 0.15) is 22.0 Å². The number of aromatic nitrogens is 2. The molecule has 1 atom stereocenters. The molecule has 1 N–H and O–H groups in total. The van der Waals surface area contributed by atoms with Gasteiger partial charge in [-0.2, -0.15) is 4.98 Å². The van der Waals surface area contributed by atoms with Crippen LogP contribution in [0.3, 0.4) is 0 Å². The fourth-order valence-electron chi connectivity index (χ4n) is 3.90. The van der Waals surface area contributed by atoms with E-state index in [4.69, 9.17) is 25.5 Å². The average Bonchev–Trinajstić information content (AvgIpc) is 3.22. The van der Waals surface area contributed by atoms with Gasteiger partial charge in [0.15, 0.2) is 8.32 Å². The maximum absolute atomic E-state index is 13.3. The zero-order valence-corrected chi connectivity index (χ0v) is 29.1. The van der Waals surface area contributed by atoms with Gasteiger partial charge in [-0.1, -0.05) is 50.6 Å². The lowest BCUT2D eigenvalue weighted by Crippen LogP contribution is -2.42. The molecule has 246 valence electrons. The third-order valence-corrected chi connectivity index (χ3v) is 12.8. The largest absolute Gasteiger partial charge is 0.573 e. The Morgan fingerprint density at radius 2 is 1.73 bits per heavy atom. The van der Waals surface area contributed by atoms with E-state index in [1.165, 1.54) is 19.2 Å². The van der Waals surface area contributed by atoms with E-state index in [2.05, 4.69) is 64.8 Å². The van der Waals surface area contributed by atoms with E-state index in [0.717, 1.165) is 17.7 Å². The molecule has 2 aromatic carbocycles. The van der Waals surface area contributed by atoms with Gasteiger partial charge in [0.2, 0.25) is 5.91 Å². The van der Waals surface area contributed by atoms with Crippen molar-refractivity contribution in [2.45, 2.75) is 64.8 Å². The first-order valence-electron chi connectivity index (χ1n) is 13.9. The number of carbonyl (C=O) groups excluding carboxylic acids is 2. The average molecular weight is 735 g/mol. The van der Waals surface area contributed by atoms with Crippen LogP contribution in [0.25, 0.3) is 0 Å². The van der Waals surface area contributed by atoms with Crippen LogP contribution in [0.5, 0.6) is 17.5 Å². The Kier molecular flexibility index (Phi) is 12.1. The Morgan fingerprint density at radius 1 is 1.09 bits per heavy atom. The minimum absolute atomic E-state index is 0.0255. The Bertz CT molecular complexity index is 1480. The van der Waals surface area contributed by atoms with E-state index in [1.54, 1.807) is 28.8 Å². The van der Waals surface area contributed by atoms with Crippen molar-refractivity contribution in [3.05, 3.63) is 69.4 Å². The molecule has 0 bridgehead atoms. The van der Waals surface area contributed by atoms with Crippen LogP contribution in [0.15, 0.2) is 53.1 Å². The molecule has 0 saturated heterocycles. The molecule has 15 heteroatoms. The topological polar surface area (TPSA) is 101 Å². The molecule has 0 fully saturated rings. The normalized spacial score (nSPS) is 12.9. The van der Waals surface area contributed by atoms with Gasteiger partial charge in [0, 0.05) is 17.7 Å². The number of esters is 1. The maximum Gasteiger partial charge on any atom is 0.573 e. The summed E-state index contributed by atoms with van der Waals surface area (Å²) in [6.45, 7) is 10.8. The molecule has 45 heavy (non-hydrogen) atoms. The smallest absolute Gasteiger partial charge is 0.468 e. The van der Waals surface area contributed by atoms with Crippen LogP contribution in [0, 0.1) is 5.92 Å². The number of nitrogens with zero attached hydrogens (tertiary/aromatic N) is 2. The number of ether oxygens (including phenoxy) is 3. The van der Waals surface area contributed by atoms with Crippen LogP contribution in [0.1, 0.15) is 38.4 Å². The lowest BCUT2D eigenvalue weighted by atomic mass is 10.1. The maximum atomic E-state index is 13.3. The van der Waals surface area contributed by atoms with E-state index >= 15 is 0 Å². The van der Waals surface area contributed by atoms with Gasteiger partial charge in [-0.25, -0.2) is 0 Å². The van der Waals surface area contributed by atoms with Gasteiger partial charge in [-0.05, 0) is 70.3 Å². The number of alkyl halides is 3. The predicted molar refractivity (Wildman–Crippen MR) is 169 cm³/mol. The van der Waals surface area contributed by atoms with E-state index in [9.17, 15) is 22.8 Å². The standard InChI is InChI=1S/C30H36BrClF3N3O6Si/c1-29(2,3)45(5,6)42-15-14-23(27(40)41-4)26(39)36-17-24-25(31)37-28(38(24)18-19-10-12-20(32)13-11-19)43-21-8-7-9-22(16-21)44-30(33,34)35/h7-13,16,23H,14-15,17-18H2,1-6H3,(H,36,39). The number of imidazole rings is 1. The van der Waals surface area contributed by atoms with Gasteiger partial charge >= 0.3 is 18.3 Å². The summed E-state index contributed by atoms with van der Waals surface area (Å²) >= 11 is 9.46. The Hall–Kier alpha value is -3.07. The zero-order valence-electron chi connectivity index (χ0n) is 25.8. The summed E-state index contributed by atoms with van der Waals surface area (Å²) in [5.74, 6) is -2.79. The highest BCUT2D eigenvalue weighted by molar-refractivity contribution is 9.10. The van der Waals surface area contributed by atoms with Gasteiger partial charge in [-0.15, -0.1) is 13.2 Å². The van der Waals surface area contributed by atoms with Gasteiger partial charge < -0.3 is 24.0 Å². The summed E-state index contributed by atoms with van der Waals surface area (Å²) in [6.07, 6.45) is -4.75. The highest BCUT2D eigenvalue weighted by Gasteiger charge is 2.38. The lowest BCUT2D eigenvalue weighted by molar-refractivity contribution is -0.274. The summed E-state index contributed by atoms with van der Waals surface area (Å²) in [5, 5.41) is 3.27. The number of carbonyl (C=O) groups is 2. The second-order valence-corrected chi connectivity index (χ2v) is 17.7. The molecule has 9 nitrogen and oxygen atoms in total. The van der Waals surface area contributed by atoms with Crippen molar-refractivity contribution in [3.63, 3.8) is 0 Å². The molecular weight excluding hydrogens is 699 g/mol. The number of amides is 1. The molecule has 0 saturated carbocycles. The van der Waals surface area contributed by atoms with E-state index in [0.29, 0.717) is 15.3 Å². The van der Waals surface area contributed by atoms with E-state index in [1.807, 2.05) is 0 Å². The molecular formula is C30H36BrClF3N3O6Si. The molecule has 1 unspecified atom stereocenters. The molecule has 0 aliphatic heterocycles. The van der Waals surface area contributed by atoms with Crippen molar-refractivity contribution < 1.29 is 41.4 Å². The zero-order chi connectivity index (χ0) is 33.6. The van der Waals surface area contributed by atoms with Crippen molar-refractivity contribution in [3.8, 4) is 17.5 Å². The second kappa shape index (κ2) is 15.0. The highest BCUT2D eigenvalue weighted by Crippen LogP contribution is 2.37. The minimum Gasteiger partial charge on any atom is -0.468 e. The van der Waals surface area contributed by atoms with Crippen LogP contribution in [0.4, 0.5) is 13.2 Å². The molecule has 0 radical (unpaired) electrons. The van der Waals surface area contributed by atoms with Crippen molar-refractivity contribution in [1.29, 1.82) is 0 Å². The number of nitrogens with one attached hydrogen (secondary N) is 1. The van der Waals surface area contributed by atoms with Crippen molar-refractivity contribution in [1.82, 2.24) is 14.9 Å². The monoisotopic (exact) mass is 733 g/mol. The molecule has 0 aliphatic rings. The first-order chi connectivity index (χ1) is 20.9. The Morgan fingerprint density at radius 3 is 2.33 bits per heavy atom. The number of halogens is 5. The third kappa shape index (κ3) is 10.5. The number of hydrogen-bond acceptors (Lipinski definition) is 7. The quantitative estimate of drug-likeness (QED) is 0.108. The van der Waals surface area contributed by atoms with Gasteiger partial charge in [0.25, 0.3) is 0 Å². The number of methoxy groups -OCH3 is 1. The van der Waals surface area contributed by atoms with Crippen LogP contribution in [-0.2, 0) is 31.8 Å². The summed E-state index contributed by atoms with van der Waals surface area (Å²) < 4.78 is 61.2. The SMILES string of the molecule is COC(=O)C(CCO[Si](C)(C)C(C)(C)C)C(=O)NCc1c(Br)nc(Oc2cccc(OC(F)(F)F)c2)n1Cc1ccc(Cl)cc1. The summed E-state index contributed by atoms with van der Waals surface area (Å²) in [4.78, 5) is 30.3. The van der Waals surface area contributed by atoms with Crippen LogP contribution >= 0.6 is 27.5 Å². The van der Waals surface area contributed by atoms with Gasteiger partial charge in [0.05, 0.1) is 25.9 Å². The van der Waals surface area contributed by atoms with E-state index in [-0.39, 0.29) is 42.9 Å². The molecule has 1 aromatic heterocycles. The van der Waals surface area contributed by atoms with Crippen molar-refractivity contribution in [2.75, 3.05) is 13.7 Å². The fourth-order valence-corrected chi connectivity index (χ4v) is 5.59. The second-order valence-electron chi connectivity index (χ2n) is 11.7. The molecule has 0 aliphatic carbocycles.